The molecule has 0 bridgehead atoms. The Morgan fingerprint density at radius 2 is 1.75 bits per heavy atom. The van der Waals surface area contributed by atoms with Crippen molar-refractivity contribution in [3.8, 4) is 0 Å². The van der Waals surface area contributed by atoms with Crippen LogP contribution in [0.3, 0.4) is 0 Å². The molecule has 1 aliphatic rings. The van der Waals surface area contributed by atoms with E-state index in [9.17, 15) is 9.59 Å². The predicted octanol–water partition coefficient (Wildman–Crippen LogP) is 2.30. The lowest BCUT2D eigenvalue weighted by Gasteiger charge is -2.20. The summed E-state index contributed by atoms with van der Waals surface area (Å²) in [5.74, 6) is -0.380. The molecule has 2 aromatic carbocycles. The molecule has 2 atom stereocenters. The number of rotatable bonds is 5. The number of amides is 2. The molecule has 1 saturated heterocycles. The summed E-state index contributed by atoms with van der Waals surface area (Å²) in [5, 5.41) is 2.82. The third-order valence-corrected chi connectivity index (χ3v) is 4.17. The molecule has 5 nitrogen and oxygen atoms in total. The molecule has 0 aromatic heterocycles. The summed E-state index contributed by atoms with van der Waals surface area (Å²) in [5.41, 5.74) is 1.62. The largest absolute Gasteiger partial charge is 0.367 e. The van der Waals surface area contributed by atoms with Crippen molar-refractivity contribution >= 4 is 17.5 Å². The first-order valence-electron chi connectivity index (χ1n) is 7.95. The summed E-state index contributed by atoms with van der Waals surface area (Å²) in [6, 6.07) is 18.2. The smallest absolute Gasteiger partial charge is 0.254 e. The molecular weight excluding hydrogens is 304 g/mol. The Labute approximate surface area is 141 Å². The molecule has 1 N–H and O–H groups in total. The van der Waals surface area contributed by atoms with Crippen LogP contribution in [0.2, 0.25) is 0 Å². The highest BCUT2D eigenvalue weighted by atomic mass is 16.5. The van der Waals surface area contributed by atoms with Gasteiger partial charge in [0.05, 0.1) is 0 Å². The average molecular weight is 324 g/mol. The zero-order valence-electron chi connectivity index (χ0n) is 13.5. The van der Waals surface area contributed by atoms with Crippen LogP contribution in [0.4, 0.5) is 5.69 Å². The Bertz CT molecular complexity index is 703. The molecule has 0 aliphatic carbocycles. The third kappa shape index (κ3) is 3.31. The van der Waals surface area contributed by atoms with Crippen molar-refractivity contribution in [3.05, 3.63) is 66.2 Å². The number of carbonyl (C=O) groups excluding carboxylic acids is 2. The molecule has 24 heavy (non-hydrogen) atoms. The van der Waals surface area contributed by atoms with Gasteiger partial charge in [-0.05, 0) is 24.1 Å². The fraction of sp³-hybridized carbons (Fsp3) is 0.263. The highest BCUT2D eigenvalue weighted by Crippen LogP contribution is 2.22. The Balaban J connectivity index is 1.68. The fourth-order valence-electron chi connectivity index (χ4n) is 2.95. The molecule has 0 radical (unpaired) electrons. The molecule has 1 fully saturated rings. The van der Waals surface area contributed by atoms with Gasteiger partial charge in [-0.1, -0.05) is 48.5 Å². The number of hydrogen-bond acceptors (Lipinski definition) is 3. The van der Waals surface area contributed by atoms with Crippen LogP contribution in [-0.4, -0.2) is 31.5 Å². The predicted molar refractivity (Wildman–Crippen MR) is 91.5 cm³/mol. The van der Waals surface area contributed by atoms with E-state index in [1.807, 2.05) is 60.7 Å². The van der Waals surface area contributed by atoms with Gasteiger partial charge < -0.3 is 15.0 Å². The second-order valence-corrected chi connectivity index (χ2v) is 5.70. The van der Waals surface area contributed by atoms with Crippen molar-refractivity contribution in [2.24, 2.45) is 0 Å². The number of benzene rings is 2. The number of nitrogens with zero attached hydrogens (tertiary/aromatic N) is 1. The minimum absolute atomic E-state index is 0.0857. The maximum absolute atomic E-state index is 12.6. The number of para-hydroxylation sites is 1. The van der Waals surface area contributed by atoms with E-state index in [2.05, 4.69) is 5.32 Å². The van der Waals surface area contributed by atoms with Gasteiger partial charge >= 0.3 is 0 Å². The van der Waals surface area contributed by atoms with Gasteiger partial charge in [-0.15, -0.1) is 0 Å². The summed E-state index contributed by atoms with van der Waals surface area (Å²) in [6.07, 6.45) is -0.130. The summed E-state index contributed by atoms with van der Waals surface area (Å²) in [7, 11) is 1.49. The lowest BCUT2D eigenvalue weighted by atomic mass is 10.1. The maximum atomic E-state index is 12.6. The van der Waals surface area contributed by atoms with Crippen molar-refractivity contribution in [2.45, 2.75) is 18.6 Å². The van der Waals surface area contributed by atoms with Crippen LogP contribution in [0.15, 0.2) is 60.7 Å². The van der Waals surface area contributed by atoms with E-state index in [1.54, 1.807) is 4.90 Å². The summed E-state index contributed by atoms with van der Waals surface area (Å²) >= 11 is 0. The number of carbonyl (C=O) groups is 2. The highest BCUT2D eigenvalue weighted by Gasteiger charge is 2.35. The number of ether oxygens (including phenoxy) is 1. The van der Waals surface area contributed by atoms with E-state index in [1.165, 1.54) is 7.11 Å². The zero-order valence-corrected chi connectivity index (χ0v) is 13.5. The molecule has 2 unspecified atom stereocenters. The van der Waals surface area contributed by atoms with E-state index in [0.29, 0.717) is 13.0 Å². The first-order valence-corrected chi connectivity index (χ1v) is 7.95. The Morgan fingerprint density at radius 3 is 2.38 bits per heavy atom. The van der Waals surface area contributed by atoms with E-state index in [4.69, 9.17) is 4.74 Å². The summed E-state index contributed by atoms with van der Waals surface area (Å²) in [4.78, 5) is 26.8. The van der Waals surface area contributed by atoms with Gasteiger partial charge in [0.2, 0.25) is 5.91 Å². The first-order chi connectivity index (χ1) is 11.7. The highest BCUT2D eigenvalue weighted by molar-refractivity contribution is 6.01. The molecule has 1 aliphatic heterocycles. The molecule has 2 amide bonds. The van der Waals surface area contributed by atoms with Crippen molar-refractivity contribution in [2.75, 3.05) is 18.6 Å². The lowest BCUT2D eigenvalue weighted by molar-refractivity contribution is -0.134. The third-order valence-electron chi connectivity index (χ3n) is 4.17. The lowest BCUT2D eigenvalue weighted by Crippen LogP contribution is -2.43. The molecule has 0 spiro atoms. The van der Waals surface area contributed by atoms with Gasteiger partial charge in [0.15, 0.2) is 6.10 Å². The van der Waals surface area contributed by atoms with E-state index in [0.717, 1.165) is 11.3 Å². The second kappa shape index (κ2) is 7.27. The van der Waals surface area contributed by atoms with Gasteiger partial charge in [0.1, 0.15) is 6.04 Å². The molecule has 124 valence electrons. The van der Waals surface area contributed by atoms with Crippen LogP contribution < -0.4 is 10.2 Å². The number of methoxy groups -OCH3 is 1. The molecule has 5 heteroatoms. The minimum Gasteiger partial charge on any atom is -0.367 e. The molecule has 3 rings (SSSR count). The Kier molecular flexibility index (Phi) is 4.91. The van der Waals surface area contributed by atoms with E-state index in [-0.39, 0.29) is 11.8 Å². The minimum atomic E-state index is -0.718. The van der Waals surface area contributed by atoms with Crippen molar-refractivity contribution < 1.29 is 14.3 Å². The van der Waals surface area contributed by atoms with Gasteiger partial charge in [-0.25, -0.2) is 0 Å². The molecular formula is C19H20N2O3. The maximum Gasteiger partial charge on any atom is 0.254 e. The fourth-order valence-corrected chi connectivity index (χ4v) is 2.95. The monoisotopic (exact) mass is 324 g/mol. The van der Waals surface area contributed by atoms with Crippen LogP contribution in [0.5, 0.6) is 0 Å². The quantitative estimate of drug-likeness (QED) is 0.918. The van der Waals surface area contributed by atoms with Gasteiger partial charge in [-0.2, -0.15) is 0 Å². The normalized spacial score (nSPS) is 18.5. The van der Waals surface area contributed by atoms with Crippen molar-refractivity contribution in [1.29, 1.82) is 0 Å². The van der Waals surface area contributed by atoms with Gasteiger partial charge in [0, 0.05) is 19.3 Å². The molecule has 2 aromatic rings. The van der Waals surface area contributed by atoms with Crippen LogP contribution in [-0.2, 0) is 14.3 Å². The Morgan fingerprint density at radius 1 is 1.12 bits per heavy atom. The Hall–Kier alpha value is -2.66. The number of nitrogens with one attached hydrogen (secondary N) is 1. The van der Waals surface area contributed by atoms with E-state index < -0.39 is 12.1 Å². The first kappa shape index (κ1) is 16.2. The number of anilines is 1. The van der Waals surface area contributed by atoms with Crippen LogP contribution in [0, 0.1) is 0 Å². The van der Waals surface area contributed by atoms with Crippen molar-refractivity contribution in [3.63, 3.8) is 0 Å². The second-order valence-electron chi connectivity index (χ2n) is 5.70. The van der Waals surface area contributed by atoms with Crippen LogP contribution in [0.1, 0.15) is 18.1 Å². The summed E-state index contributed by atoms with van der Waals surface area (Å²) in [6.45, 7) is 0.594. The topological polar surface area (TPSA) is 58.6 Å². The summed E-state index contributed by atoms with van der Waals surface area (Å²) < 4.78 is 5.32. The zero-order chi connectivity index (χ0) is 16.9. The van der Waals surface area contributed by atoms with Gasteiger partial charge in [-0.3, -0.25) is 9.59 Å². The number of hydrogen-bond donors (Lipinski definition) is 1. The van der Waals surface area contributed by atoms with E-state index >= 15 is 0 Å². The standard InChI is InChI=1S/C19H20N2O3/c1-24-17(14-8-4-2-5-9-14)18(22)20-16-12-13-21(19(16)23)15-10-6-3-7-11-15/h2-11,16-17H,12-13H2,1H3,(H,20,22). The SMILES string of the molecule is COC(C(=O)NC1CCN(c2ccccc2)C1=O)c1ccccc1. The van der Waals surface area contributed by atoms with Crippen LogP contribution >= 0.6 is 0 Å². The van der Waals surface area contributed by atoms with Crippen LogP contribution in [0.25, 0.3) is 0 Å². The average Bonchev–Trinajstić information content (AvgIpc) is 2.98. The molecule has 1 heterocycles. The van der Waals surface area contributed by atoms with Crippen molar-refractivity contribution in [1.82, 2.24) is 5.32 Å². The molecule has 0 saturated carbocycles. The van der Waals surface area contributed by atoms with Gasteiger partial charge in [0.25, 0.3) is 5.91 Å².